The van der Waals surface area contributed by atoms with Gasteiger partial charge in [0.15, 0.2) is 5.78 Å². The van der Waals surface area contributed by atoms with Gasteiger partial charge in [0.05, 0.1) is 0 Å². The molecule has 1 aliphatic rings. The molecule has 2 unspecified atom stereocenters. The van der Waals surface area contributed by atoms with Crippen LogP contribution in [0.3, 0.4) is 0 Å². The van der Waals surface area contributed by atoms with Crippen molar-refractivity contribution in [2.45, 2.75) is 45.1 Å². The zero-order valence-electron chi connectivity index (χ0n) is 9.16. The highest BCUT2D eigenvalue weighted by Crippen LogP contribution is 2.24. The van der Waals surface area contributed by atoms with Crippen LogP contribution in [-0.2, 0) is 9.53 Å². The fourth-order valence-electron chi connectivity index (χ4n) is 2.07. The van der Waals surface area contributed by atoms with Crippen LogP contribution in [0, 0.1) is 5.92 Å². The predicted molar refractivity (Wildman–Crippen MR) is 57.2 cm³/mol. The Kier molecular flexibility index (Phi) is 4.88. The number of allylic oxidation sites excluding steroid dienone is 2. The van der Waals surface area contributed by atoms with Crippen LogP contribution in [0.2, 0.25) is 0 Å². The van der Waals surface area contributed by atoms with Gasteiger partial charge in [0, 0.05) is 13.5 Å². The molecule has 80 valence electrons. The minimum atomic E-state index is -0.167. The second kappa shape index (κ2) is 5.97. The van der Waals surface area contributed by atoms with Crippen LogP contribution >= 0.6 is 0 Å². The number of Topliss-reactive ketones (excluding diaryl/α,β-unsaturated/α-hetero) is 1. The number of hydrogen-bond donors (Lipinski definition) is 0. The lowest BCUT2D eigenvalue weighted by atomic mass is 9.86. The van der Waals surface area contributed by atoms with E-state index in [1.165, 1.54) is 0 Å². The lowest BCUT2D eigenvalue weighted by Gasteiger charge is -2.25. The molecular formula is C12H20O2. The molecular weight excluding hydrogens is 176 g/mol. The zero-order chi connectivity index (χ0) is 10.4. The summed E-state index contributed by atoms with van der Waals surface area (Å²) in [7, 11) is 1.65. The SMILES string of the molecule is CCCC(=O)C(OC)C1CC=CCC1. The molecule has 0 aromatic carbocycles. The summed E-state index contributed by atoms with van der Waals surface area (Å²) in [5.74, 6) is 0.680. The lowest BCUT2D eigenvalue weighted by Crippen LogP contribution is -2.32. The van der Waals surface area contributed by atoms with Gasteiger partial charge in [-0.3, -0.25) is 4.79 Å². The maximum atomic E-state index is 11.7. The first-order valence-electron chi connectivity index (χ1n) is 5.50. The van der Waals surface area contributed by atoms with Crippen molar-refractivity contribution < 1.29 is 9.53 Å². The van der Waals surface area contributed by atoms with Crippen LogP contribution in [0.15, 0.2) is 12.2 Å². The van der Waals surface area contributed by atoms with E-state index in [0.29, 0.717) is 12.3 Å². The highest BCUT2D eigenvalue weighted by Gasteiger charge is 2.26. The van der Waals surface area contributed by atoms with Gasteiger partial charge in [-0.15, -0.1) is 0 Å². The van der Waals surface area contributed by atoms with E-state index in [1.807, 2.05) is 6.92 Å². The molecule has 0 radical (unpaired) electrons. The molecule has 0 aromatic rings. The number of rotatable bonds is 5. The van der Waals surface area contributed by atoms with Crippen LogP contribution in [0.5, 0.6) is 0 Å². The van der Waals surface area contributed by atoms with E-state index in [-0.39, 0.29) is 11.9 Å². The van der Waals surface area contributed by atoms with Gasteiger partial charge in [0.25, 0.3) is 0 Å². The summed E-state index contributed by atoms with van der Waals surface area (Å²) in [6, 6.07) is 0. The summed E-state index contributed by atoms with van der Waals surface area (Å²) < 4.78 is 5.32. The van der Waals surface area contributed by atoms with E-state index in [2.05, 4.69) is 12.2 Å². The van der Waals surface area contributed by atoms with Crippen molar-refractivity contribution >= 4 is 5.78 Å². The number of hydrogen-bond acceptors (Lipinski definition) is 2. The Morgan fingerprint density at radius 1 is 1.57 bits per heavy atom. The minimum absolute atomic E-state index is 0.167. The molecule has 0 aromatic heterocycles. The van der Waals surface area contributed by atoms with E-state index in [9.17, 15) is 4.79 Å². The molecule has 0 spiro atoms. The fraction of sp³-hybridized carbons (Fsp3) is 0.750. The molecule has 0 aliphatic heterocycles. The van der Waals surface area contributed by atoms with Gasteiger partial charge in [0.1, 0.15) is 6.10 Å². The quantitative estimate of drug-likeness (QED) is 0.632. The Morgan fingerprint density at radius 3 is 2.86 bits per heavy atom. The molecule has 0 saturated carbocycles. The highest BCUT2D eigenvalue weighted by molar-refractivity contribution is 5.83. The molecule has 0 amide bonds. The fourth-order valence-corrected chi connectivity index (χ4v) is 2.07. The van der Waals surface area contributed by atoms with Crippen LogP contribution in [0.25, 0.3) is 0 Å². The van der Waals surface area contributed by atoms with Gasteiger partial charge >= 0.3 is 0 Å². The lowest BCUT2D eigenvalue weighted by molar-refractivity contribution is -0.132. The number of ether oxygens (including phenoxy) is 1. The average molecular weight is 196 g/mol. The Labute approximate surface area is 86.3 Å². The third-order valence-corrected chi connectivity index (χ3v) is 2.81. The summed E-state index contributed by atoms with van der Waals surface area (Å²) in [6.07, 6.45) is 8.93. The summed E-state index contributed by atoms with van der Waals surface area (Å²) in [5, 5.41) is 0. The topological polar surface area (TPSA) is 26.3 Å². The Bertz CT molecular complexity index is 208. The van der Waals surface area contributed by atoms with Gasteiger partial charge < -0.3 is 4.74 Å². The smallest absolute Gasteiger partial charge is 0.161 e. The van der Waals surface area contributed by atoms with Crippen molar-refractivity contribution in [3.05, 3.63) is 12.2 Å². The first-order valence-corrected chi connectivity index (χ1v) is 5.50. The summed E-state index contributed by atoms with van der Waals surface area (Å²) in [6.45, 7) is 2.03. The predicted octanol–water partition coefficient (Wildman–Crippen LogP) is 2.73. The Hall–Kier alpha value is -0.630. The molecule has 14 heavy (non-hydrogen) atoms. The average Bonchev–Trinajstić information content (AvgIpc) is 2.21. The van der Waals surface area contributed by atoms with Crippen molar-refractivity contribution in [3.63, 3.8) is 0 Å². The molecule has 0 heterocycles. The van der Waals surface area contributed by atoms with E-state index in [1.54, 1.807) is 7.11 Å². The molecule has 0 N–H and O–H groups in total. The van der Waals surface area contributed by atoms with Gasteiger partial charge in [-0.1, -0.05) is 19.1 Å². The van der Waals surface area contributed by atoms with Gasteiger partial charge in [-0.2, -0.15) is 0 Å². The zero-order valence-corrected chi connectivity index (χ0v) is 9.16. The van der Waals surface area contributed by atoms with Crippen molar-refractivity contribution in [1.82, 2.24) is 0 Å². The maximum Gasteiger partial charge on any atom is 0.161 e. The van der Waals surface area contributed by atoms with Crippen LogP contribution in [0.4, 0.5) is 0 Å². The van der Waals surface area contributed by atoms with E-state index in [4.69, 9.17) is 4.74 Å². The van der Waals surface area contributed by atoms with Crippen LogP contribution in [-0.4, -0.2) is 19.0 Å². The standard InChI is InChI=1S/C12H20O2/c1-3-7-11(13)12(14-2)10-8-5-4-6-9-10/h4-5,10,12H,3,6-9H2,1-2H3. The summed E-state index contributed by atoms with van der Waals surface area (Å²) in [5.41, 5.74) is 0. The molecule has 2 atom stereocenters. The van der Waals surface area contributed by atoms with E-state index < -0.39 is 0 Å². The van der Waals surface area contributed by atoms with Crippen molar-refractivity contribution in [1.29, 1.82) is 0 Å². The van der Waals surface area contributed by atoms with Crippen molar-refractivity contribution in [3.8, 4) is 0 Å². The Balaban J connectivity index is 2.51. The van der Waals surface area contributed by atoms with Gasteiger partial charge in [-0.25, -0.2) is 0 Å². The van der Waals surface area contributed by atoms with Crippen molar-refractivity contribution in [2.24, 2.45) is 5.92 Å². The molecule has 0 saturated heterocycles. The first-order chi connectivity index (χ1) is 6.79. The monoisotopic (exact) mass is 196 g/mol. The highest BCUT2D eigenvalue weighted by atomic mass is 16.5. The van der Waals surface area contributed by atoms with E-state index >= 15 is 0 Å². The summed E-state index contributed by atoms with van der Waals surface area (Å²) >= 11 is 0. The third-order valence-electron chi connectivity index (χ3n) is 2.81. The largest absolute Gasteiger partial charge is 0.373 e. The first kappa shape index (κ1) is 11.4. The third kappa shape index (κ3) is 2.95. The van der Waals surface area contributed by atoms with Crippen molar-refractivity contribution in [2.75, 3.05) is 7.11 Å². The molecule has 2 nitrogen and oxygen atoms in total. The molecule has 0 bridgehead atoms. The second-order valence-electron chi connectivity index (χ2n) is 3.92. The number of carbonyl (C=O) groups excluding carboxylic acids is 1. The van der Waals surface area contributed by atoms with Crippen LogP contribution in [0.1, 0.15) is 39.0 Å². The van der Waals surface area contributed by atoms with Gasteiger partial charge in [-0.05, 0) is 31.6 Å². The number of methoxy groups -OCH3 is 1. The number of carbonyl (C=O) groups is 1. The minimum Gasteiger partial charge on any atom is -0.373 e. The van der Waals surface area contributed by atoms with Gasteiger partial charge in [0.2, 0.25) is 0 Å². The van der Waals surface area contributed by atoms with Crippen LogP contribution < -0.4 is 0 Å². The molecule has 1 aliphatic carbocycles. The second-order valence-corrected chi connectivity index (χ2v) is 3.92. The molecule has 0 fully saturated rings. The summed E-state index contributed by atoms with van der Waals surface area (Å²) in [4.78, 5) is 11.7. The number of ketones is 1. The normalized spacial score (nSPS) is 23.4. The Morgan fingerprint density at radius 2 is 2.36 bits per heavy atom. The molecule has 1 rings (SSSR count). The van der Waals surface area contributed by atoms with E-state index in [0.717, 1.165) is 25.7 Å². The molecule has 2 heteroatoms. The maximum absolute atomic E-state index is 11.7.